The molecule has 2 aromatic carbocycles. The van der Waals surface area contributed by atoms with Crippen molar-refractivity contribution in [2.45, 2.75) is 18.9 Å². The van der Waals surface area contributed by atoms with Crippen LogP contribution in [0.3, 0.4) is 0 Å². The van der Waals surface area contributed by atoms with Crippen LogP contribution in [0.15, 0.2) is 42.5 Å². The average Bonchev–Trinajstić information content (AvgIpc) is 2.98. The fraction of sp³-hybridized carbons (Fsp3) is 0.278. The van der Waals surface area contributed by atoms with Crippen LogP contribution in [0.4, 0.5) is 8.78 Å². The highest BCUT2D eigenvalue weighted by molar-refractivity contribution is 5.36. The fourth-order valence-electron chi connectivity index (χ4n) is 3.03. The van der Waals surface area contributed by atoms with Crippen molar-refractivity contribution >= 4 is 0 Å². The first kappa shape index (κ1) is 14.7. The largest absolute Gasteiger partial charge is 0.298 e. The third-order valence-corrected chi connectivity index (χ3v) is 4.17. The second-order valence-electron chi connectivity index (χ2n) is 5.67. The zero-order valence-electron chi connectivity index (χ0n) is 12.1. The topological polar surface area (TPSA) is 27.0 Å². The van der Waals surface area contributed by atoms with E-state index in [-0.39, 0.29) is 11.5 Å². The number of likely N-dealkylation sites (tertiary alicyclic amines) is 1. The molecule has 4 heteroatoms. The van der Waals surface area contributed by atoms with Gasteiger partial charge in [0.2, 0.25) is 0 Å². The Labute approximate surface area is 128 Å². The Morgan fingerprint density at radius 2 is 1.91 bits per heavy atom. The van der Waals surface area contributed by atoms with E-state index >= 15 is 0 Å². The molecule has 1 saturated heterocycles. The van der Waals surface area contributed by atoms with Crippen molar-refractivity contribution in [3.8, 4) is 6.07 Å². The molecule has 1 atom stereocenters. The van der Waals surface area contributed by atoms with Crippen LogP contribution in [-0.2, 0) is 6.54 Å². The quantitative estimate of drug-likeness (QED) is 0.861. The smallest absolute Gasteiger partial charge is 0.141 e. The zero-order chi connectivity index (χ0) is 15.5. The molecule has 0 aliphatic carbocycles. The van der Waals surface area contributed by atoms with Crippen molar-refractivity contribution in [3.63, 3.8) is 0 Å². The van der Waals surface area contributed by atoms with E-state index in [1.54, 1.807) is 6.07 Å². The lowest BCUT2D eigenvalue weighted by molar-refractivity contribution is 0.326. The monoisotopic (exact) mass is 298 g/mol. The van der Waals surface area contributed by atoms with Crippen molar-refractivity contribution in [2.75, 3.05) is 13.1 Å². The summed E-state index contributed by atoms with van der Waals surface area (Å²) in [7, 11) is 0. The van der Waals surface area contributed by atoms with E-state index in [4.69, 9.17) is 5.26 Å². The predicted molar refractivity (Wildman–Crippen MR) is 80.2 cm³/mol. The van der Waals surface area contributed by atoms with Crippen molar-refractivity contribution in [2.24, 2.45) is 0 Å². The van der Waals surface area contributed by atoms with Gasteiger partial charge in [0.15, 0.2) is 0 Å². The Kier molecular flexibility index (Phi) is 4.17. The standard InChI is InChI=1S/C18H16F2N2/c19-17-9-16(18(20)8-15(17)10-21)14-6-7-22(12-14)11-13-4-2-1-3-5-13/h1-5,8-9,14H,6-7,11-12H2. The van der Waals surface area contributed by atoms with E-state index in [2.05, 4.69) is 17.0 Å². The van der Waals surface area contributed by atoms with E-state index < -0.39 is 11.6 Å². The molecule has 0 N–H and O–H groups in total. The van der Waals surface area contributed by atoms with Gasteiger partial charge < -0.3 is 0 Å². The maximum atomic E-state index is 14.1. The Bertz CT molecular complexity index is 707. The van der Waals surface area contributed by atoms with Gasteiger partial charge in [-0.1, -0.05) is 30.3 Å². The number of hydrogen-bond acceptors (Lipinski definition) is 2. The number of rotatable bonds is 3. The van der Waals surface area contributed by atoms with Crippen molar-refractivity contribution < 1.29 is 8.78 Å². The first-order valence-corrected chi connectivity index (χ1v) is 7.32. The Balaban J connectivity index is 1.73. The van der Waals surface area contributed by atoms with Crippen LogP contribution in [0.5, 0.6) is 0 Å². The molecule has 22 heavy (non-hydrogen) atoms. The molecule has 0 saturated carbocycles. The lowest BCUT2D eigenvalue weighted by atomic mass is 9.96. The van der Waals surface area contributed by atoms with Crippen LogP contribution in [0.25, 0.3) is 0 Å². The molecule has 0 spiro atoms. The maximum Gasteiger partial charge on any atom is 0.141 e. The van der Waals surface area contributed by atoms with Gasteiger partial charge in [-0.15, -0.1) is 0 Å². The molecule has 1 unspecified atom stereocenters. The summed E-state index contributed by atoms with van der Waals surface area (Å²) < 4.78 is 27.8. The molecule has 0 bridgehead atoms. The molecule has 0 aromatic heterocycles. The molecular weight excluding hydrogens is 282 g/mol. The molecule has 2 aromatic rings. The summed E-state index contributed by atoms with van der Waals surface area (Å²) in [4.78, 5) is 2.25. The van der Waals surface area contributed by atoms with E-state index in [0.717, 1.165) is 25.6 Å². The Morgan fingerprint density at radius 3 is 2.64 bits per heavy atom. The third kappa shape index (κ3) is 3.00. The molecule has 112 valence electrons. The van der Waals surface area contributed by atoms with Gasteiger partial charge in [-0.25, -0.2) is 8.78 Å². The SMILES string of the molecule is N#Cc1cc(F)c(C2CCN(Cc3ccccc3)C2)cc1F. The minimum absolute atomic E-state index is 0.0223. The van der Waals surface area contributed by atoms with Crippen molar-refractivity contribution in [1.29, 1.82) is 5.26 Å². The average molecular weight is 298 g/mol. The van der Waals surface area contributed by atoms with Crippen LogP contribution in [0, 0.1) is 23.0 Å². The molecule has 1 fully saturated rings. The van der Waals surface area contributed by atoms with Gasteiger partial charge >= 0.3 is 0 Å². The summed E-state index contributed by atoms with van der Waals surface area (Å²) in [6.07, 6.45) is 0.801. The molecule has 3 rings (SSSR count). The van der Waals surface area contributed by atoms with Gasteiger partial charge in [-0.3, -0.25) is 4.90 Å². The lowest BCUT2D eigenvalue weighted by Gasteiger charge is -2.16. The highest BCUT2D eigenvalue weighted by atomic mass is 19.1. The molecule has 1 heterocycles. The van der Waals surface area contributed by atoms with E-state index in [0.29, 0.717) is 12.1 Å². The predicted octanol–water partition coefficient (Wildman–Crippen LogP) is 3.83. The second-order valence-corrected chi connectivity index (χ2v) is 5.67. The Hall–Kier alpha value is -2.25. The first-order chi connectivity index (χ1) is 10.7. The summed E-state index contributed by atoms with van der Waals surface area (Å²) in [6, 6.07) is 14.0. The number of nitriles is 1. The third-order valence-electron chi connectivity index (χ3n) is 4.17. The minimum Gasteiger partial charge on any atom is -0.298 e. The summed E-state index contributed by atoms with van der Waals surface area (Å²) in [5, 5.41) is 8.74. The van der Waals surface area contributed by atoms with Crippen molar-refractivity contribution in [3.05, 3.63) is 70.8 Å². The molecule has 1 aliphatic heterocycles. The Morgan fingerprint density at radius 1 is 1.14 bits per heavy atom. The molecule has 2 nitrogen and oxygen atoms in total. The number of benzene rings is 2. The van der Waals surface area contributed by atoms with Gasteiger partial charge in [-0.2, -0.15) is 5.26 Å². The summed E-state index contributed by atoms with van der Waals surface area (Å²) in [5.74, 6) is -1.14. The summed E-state index contributed by atoms with van der Waals surface area (Å²) in [6.45, 7) is 2.38. The first-order valence-electron chi connectivity index (χ1n) is 7.32. The summed E-state index contributed by atoms with van der Waals surface area (Å²) in [5.41, 5.74) is 1.36. The number of nitrogens with zero attached hydrogens (tertiary/aromatic N) is 2. The van der Waals surface area contributed by atoms with Gasteiger partial charge in [0, 0.05) is 19.0 Å². The molecule has 0 radical (unpaired) electrons. The van der Waals surface area contributed by atoms with Gasteiger partial charge in [0.25, 0.3) is 0 Å². The fourth-order valence-corrected chi connectivity index (χ4v) is 3.03. The second kappa shape index (κ2) is 6.25. The summed E-state index contributed by atoms with van der Waals surface area (Å²) >= 11 is 0. The molecular formula is C18H16F2N2. The van der Waals surface area contributed by atoms with Gasteiger partial charge in [0.05, 0.1) is 5.56 Å². The van der Waals surface area contributed by atoms with E-state index in [1.807, 2.05) is 18.2 Å². The minimum atomic E-state index is -0.639. The van der Waals surface area contributed by atoms with E-state index in [1.165, 1.54) is 11.6 Å². The number of halogens is 2. The zero-order valence-corrected chi connectivity index (χ0v) is 12.1. The van der Waals surface area contributed by atoms with Crippen LogP contribution in [0.2, 0.25) is 0 Å². The van der Waals surface area contributed by atoms with E-state index in [9.17, 15) is 8.78 Å². The van der Waals surface area contributed by atoms with Crippen LogP contribution < -0.4 is 0 Å². The molecule has 1 aliphatic rings. The van der Waals surface area contributed by atoms with Crippen molar-refractivity contribution in [1.82, 2.24) is 4.90 Å². The maximum absolute atomic E-state index is 14.1. The van der Waals surface area contributed by atoms with Crippen LogP contribution >= 0.6 is 0 Å². The number of hydrogen-bond donors (Lipinski definition) is 0. The lowest BCUT2D eigenvalue weighted by Crippen LogP contribution is -2.20. The highest BCUT2D eigenvalue weighted by Gasteiger charge is 2.27. The van der Waals surface area contributed by atoms with Gasteiger partial charge in [-0.05, 0) is 36.2 Å². The molecule has 0 amide bonds. The van der Waals surface area contributed by atoms with Crippen LogP contribution in [-0.4, -0.2) is 18.0 Å². The highest BCUT2D eigenvalue weighted by Crippen LogP contribution is 2.31. The normalized spacial score (nSPS) is 18.3. The van der Waals surface area contributed by atoms with Gasteiger partial charge in [0.1, 0.15) is 17.7 Å². The van der Waals surface area contributed by atoms with Crippen LogP contribution in [0.1, 0.15) is 29.0 Å².